The summed E-state index contributed by atoms with van der Waals surface area (Å²) in [5, 5.41) is 17.8. The second-order valence-corrected chi connectivity index (χ2v) is 2.83. The normalized spacial score (nSPS) is 16.2. The van der Waals surface area contributed by atoms with Gasteiger partial charge < -0.3 is 10.2 Å². The zero-order valence-corrected chi connectivity index (χ0v) is 7.53. The van der Waals surface area contributed by atoms with Gasteiger partial charge in [-0.25, -0.2) is 0 Å². The third-order valence-electron chi connectivity index (χ3n) is 1.69. The second-order valence-electron chi connectivity index (χ2n) is 2.83. The average Bonchev–Trinajstić information content (AvgIpc) is 2.03. The molecule has 0 aliphatic carbocycles. The highest BCUT2D eigenvalue weighted by Gasteiger charge is 2.17. The highest BCUT2D eigenvalue weighted by Crippen LogP contribution is 2.05. The largest absolute Gasteiger partial charge is 0.481 e. The van der Waals surface area contributed by atoms with Crippen LogP contribution >= 0.6 is 0 Å². The smallest absolute Gasteiger partial charge is 0.309 e. The van der Waals surface area contributed by atoms with Crippen LogP contribution < -0.4 is 0 Å². The highest BCUT2D eigenvalue weighted by atomic mass is 16.4. The minimum Gasteiger partial charge on any atom is -0.481 e. The summed E-state index contributed by atoms with van der Waals surface area (Å²) >= 11 is 0. The predicted octanol–water partition coefficient (Wildman–Crippen LogP) is 1.42. The maximum Gasteiger partial charge on any atom is 0.309 e. The van der Waals surface area contributed by atoms with Crippen LogP contribution in [0, 0.1) is 5.92 Å². The van der Waals surface area contributed by atoms with E-state index >= 15 is 0 Å². The number of allylic oxidation sites excluding steroid dienone is 1. The molecule has 12 heavy (non-hydrogen) atoms. The summed E-state index contributed by atoms with van der Waals surface area (Å²) in [7, 11) is 0. The molecule has 2 atom stereocenters. The van der Waals surface area contributed by atoms with Crippen molar-refractivity contribution in [2.45, 2.75) is 32.8 Å². The Morgan fingerprint density at radius 1 is 1.58 bits per heavy atom. The van der Waals surface area contributed by atoms with Gasteiger partial charge in [0.2, 0.25) is 0 Å². The van der Waals surface area contributed by atoms with Crippen LogP contribution in [-0.4, -0.2) is 22.3 Å². The SMILES string of the molecule is CCC/C=C/[C@@H](O)[C@@H](C)C(=O)O. The van der Waals surface area contributed by atoms with E-state index in [1.807, 2.05) is 13.0 Å². The average molecular weight is 172 g/mol. The molecule has 0 saturated heterocycles. The Kier molecular flexibility index (Phi) is 5.37. The summed E-state index contributed by atoms with van der Waals surface area (Å²) in [6.07, 6.45) is 4.37. The van der Waals surface area contributed by atoms with Gasteiger partial charge in [-0.2, -0.15) is 0 Å². The molecule has 0 aromatic rings. The van der Waals surface area contributed by atoms with E-state index in [0.717, 1.165) is 12.8 Å². The van der Waals surface area contributed by atoms with Gasteiger partial charge in [-0.3, -0.25) is 4.79 Å². The van der Waals surface area contributed by atoms with Gasteiger partial charge in [-0.05, 0) is 13.3 Å². The van der Waals surface area contributed by atoms with Gasteiger partial charge in [-0.1, -0.05) is 25.5 Å². The van der Waals surface area contributed by atoms with Gasteiger partial charge in [0.1, 0.15) is 0 Å². The molecule has 0 amide bonds. The zero-order valence-electron chi connectivity index (χ0n) is 7.53. The van der Waals surface area contributed by atoms with Crippen molar-refractivity contribution in [3.05, 3.63) is 12.2 Å². The first-order valence-electron chi connectivity index (χ1n) is 4.17. The van der Waals surface area contributed by atoms with Gasteiger partial charge in [-0.15, -0.1) is 0 Å². The lowest BCUT2D eigenvalue weighted by molar-refractivity contribution is -0.143. The fraction of sp³-hybridized carbons (Fsp3) is 0.667. The van der Waals surface area contributed by atoms with Gasteiger partial charge in [0.05, 0.1) is 12.0 Å². The van der Waals surface area contributed by atoms with E-state index in [9.17, 15) is 9.90 Å². The molecular formula is C9H16O3. The topological polar surface area (TPSA) is 57.5 Å². The van der Waals surface area contributed by atoms with Crippen LogP contribution in [0.5, 0.6) is 0 Å². The van der Waals surface area contributed by atoms with Crippen LogP contribution in [0.4, 0.5) is 0 Å². The molecule has 0 aliphatic rings. The molecule has 0 spiro atoms. The van der Waals surface area contributed by atoms with Crippen LogP contribution in [0.2, 0.25) is 0 Å². The molecule has 0 aliphatic heterocycles. The number of rotatable bonds is 5. The summed E-state index contributed by atoms with van der Waals surface area (Å²) in [5.41, 5.74) is 0. The summed E-state index contributed by atoms with van der Waals surface area (Å²) < 4.78 is 0. The maximum atomic E-state index is 10.4. The molecule has 0 aromatic heterocycles. The van der Waals surface area contributed by atoms with Crippen molar-refractivity contribution in [3.63, 3.8) is 0 Å². The first-order chi connectivity index (χ1) is 5.59. The second kappa shape index (κ2) is 5.77. The van der Waals surface area contributed by atoms with Crippen LogP contribution in [0.25, 0.3) is 0 Å². The molecule has 0 saturated carbocycles. The number of carbonyl (C=O) groups is 1. The molecule has 0 fully saturated rings. The Labute approximate surface area is 72.7 Å². The van der Waals surface area contributed by atoms with Crippen LogP contribution in [-0.2, 0) is 4.79 Å². The quantitative estimate of drug-likeness (QED) is 0.617. The van der Waals surface area contributed by atoms with Gasteiger partial charge in [0.15, 0.2) is 0 Å². The Hall–Kier alpha value is -0.830. The molecular weight excluding hydrogens is 156 g/mol. The van der Waals surface area contributed by atoms with Crippen LogP contribution in [0.1, 0.15) is 26.7 Å². The van der Waals surface area contributed by atoms with Crippen molar-refractivity contribution in [2.75, 3.05) is 0 Å². The third kappa shape index (κ3) is 4.13. The molecule has 0 unspecified atom stereocenters. The number of aliphatic carboxylic acids is 1. The van der Waals surface area contributed by atoms with Gasteiger partial charge >= 0.3 is 5.97 Å². The lowest BCUT2D eigenvalue weighted by Gasteiger charge is -2.09. The summed E-state index contributed by atoms with van der Waals surface area (Å²) in [4.78, 5) is 10.4. The molecule has 3 heteroatoms. The first kappa shape index (κ1) is 11.2. The molecule has 0 heterocycles. The number of hydrogen-bond acceptors (Lipinski definition) is 2. The fourth-order valence-corrected chi connectivity index (χ4v) is 0.715. The Morgan fingerprint density at radius 2 is 2.17 bits per heavy atom. The highest BCUT2D eigenvalue weighted by molar-refractivity contribution is 5.70. The van der Waals surface area contributed by atoms with Crippen molar-refractivity contribution < 1.29 is 15.0 Å². The number of carboxylic acids is 1. The van der Waals surface area contributed by atoms with Crippen molar-refractivity contribution in [1.82, 2.24) is 0 Å². The summed E-state index contributed by atoms with van der Waals surface area (Å²) in [6.45, 7) is 3.51. The molecule has 0 bridgehead atoms. The number of hydrogen-bond donors (Lipinski definition) is 2. The van der Waals surface area contributed by atoms with Crippen molar-refractivity contribution in [3.8, 4) is 0 Å². The standard InChI is InChI=1S/C9H16O3/c1-3-4-5-6-8(10)7(2)9(11)12/h5-8,10H,3-4H2,1-2H3,(H,11,12)/b6-5+/t7-,8-/m1/s1. The number of unbranched alkanes of at least 4 members (excludes halogenated alkanes) is 1. The summed E-state index contributed by atoms with van der Waals surface area (Å²) in [5.74, 6) is -1.69. The minimum absolute atomic E-state index is 0.724. The predicted molar refractivity (Wildman–Crippen MR) is 46.9 cm³/mol. The summed E-state index contributed by atoms with van der Waals surface area (Å²) in [6, 6.07) is 0. The van der Waals surface area contributed by atoms with Crippen LogP contribution in [0.3, 0.4) is 0 Å². The lowest BCUT2D eigenvalue weighted by atomic mass is 10.0. The van der Waals surface area contributed by atoms with Gasteiger partial charge in [0, 0.05) is 0 Å². The Morgan fingerprint density at radius 3 is 2.58 bits per heavy atom. The van der Waals surface area contributed by atoms with Gasteiger partial charge in [0.25, 0.3) is 0 Å². The lowest BCUT2D eigenvalue weighted by Crippen LogP contribution is -2.23. The van der Waals surface area contributed by atoms with Crippen molar-refractivity contribution in [2.24, 2.45) is 5.92 Å². The Balaban J connectivity index is 3.85. The fourth-order valence-electron chi connectivity index (χ4n) is 0.715. The molecule has 70 valence electrons. The van der Waals surface area contributed by atoms with E-state index in [1.165, 1.54) is 6.92 Å². The van der Waals surface area contributed by atoms with E-state index < -0.39 is 18.0 Å². The number of carboxylic acid groups (broad SMARTS) is 1. The molecule has 0 radical (unpaired) electrons. The monoisotopic (exact) mass is 172 g/mol. The zero-order chi connectivity index (χ0) is 9.56. The first-order valence-corrected chi connectivity index (χ1v) is 4.17. The van der Waals surface area contributed by atoms with E-state index in [0.29, 0.717) is 0 Å². The molecule has 2 N–H and O–H groups in total. The Bertz CT molecular complexity index is 163. The van der Waals surface area contributed by atoms with Crippen molar-refractivity contribution in [1.29, 1.82) is 0 Å². The maximum absolute atomic E-state index is 10.4. The van der Waals surface area contributed by atoms with E-state index in [4.69, 9.17) is 5.11 Å². The number of aliphatic hydroxyl groups excluding tert-OH is 1. The van der Waals surface area contributed by atoms with E-state index in [-0.39, 0.29) is 0 Å². The minimum atomic E-state index is -0.969. The molecule has 0 rings (SSSR count). The number of aliphatic hydroxyl groups is 1. The van der Waals surface area contributed by atoms with Crippen molar-refractivity contribution >= 4 is 5.97 Å². The molecule has 0 aromatic carbocycles. The third-order valence-corrected chi connectivity index (χ3v) is 1.69. The van der Waals surface area contributed by atoms with E-state index in [1.54, 1.807) is 6.08 Å². The van der Waals surface area contributed by atoms with Crippen LogP contribution in [0.15, 0.2) is 12.2 Å². The molecule has 3 nitrogen and oxygen atoms in total. The van der Waals surface area contributed by atoms with E-state index in [2.05, 4.69) is 0 Å².